The van der Waals surface area contributed by atoms with Gasteiger partial charge in [-0.25, -0.2) is 9.18 Å². The molecule has 0 aliphatic rings. The van der Waals surface area contributed by atoms with Crippen molar-refractivity contribution in [2.24, 2.45) is 0 Å². The molecule has 0 bridgehead atoms. The van der Waals surface area contributed by atoms with Crippen molar-refractivity contribution in [3.05, 3.63) is 46.8 Å². The van der Waals surface area contributed by atoms with Crippen molar-refractivity contribution in [3.8, 4) is 0 Å². The molecule has 0 radical (unpaired) electrons. The third-order valence-corrected chi connectivity index (χ3v) is 1.96. The smallest absolute Gasteiger partial charge is 0.333 e. The first-order valence-corrected chi connectivity index (χ1v) is 4.65. The number of carbonyl (C=O) groups excluding carboxylic acids is 1. The minimum Gasteiger partial charge on any atom is -0.457 e. The fraction of sp³-hybridized carbons (Fsp3) is 0.182. The highest BCUT2D eigenvalue weighted by atomic mass is 35.5. The van der Waals surface area contributed by atoms with Gasteiger partial charge in [0.25, 0.3) is 0 Å². The van der Waals surface area contributed by atoms with Crippen LogP contribution in [0.25, 0.3) is 0 Å². The van der Waals surface area contributed by atoms with Gasteiger partial charge in [0.2, 0.25) is 0 Å². The lowest BCUT2D eigenvalue weighted by molar-refractivity contribution is -0.140. The molecule has 0 aliphatic heterocycles. The van der Waals surface area contributed by atoms with E-state index in [1.54, 1.807) is 0 Å². The summed E-state index contributed by atoms with van der Waals surface area (Å²) in [6.07, 6.45) is 0. The summed E-state index contributed by atoms with van der Waals surface area (Å²) in [6.45, 7) is 4.83. The zero-order valence-corrected chi connectivity index (χ0v) is 8.97. The van der Waals surface area contributed by atoms with Crippen molar-refractivity contribution in [1.29, 1.82) is 0 Å². The predicted octanol–water partition coefficient (Wildman–Crippen LogP) is 3.10. The van der Waals surface area contributed by atoms with Gasteiger partial charge in [-0.15, -0.1) is 0 Å². The van der Waals surface area contributed by atoms with Gasteiger partial charge in [0, 0.05) is 16.2 Å². The van der Waals surface area contributed by atoms with Gasteiger partial charge < -0.3 is 4.74 Å². The van der Waals surface area contributed by atoms with Crippen LogP contribution in [0.2, 0.25) is 5.02 Å². The van der Waals surface area contributed by atoms with Crippen LogP contribution in [0.3, 0.4) is 0 Å². The average molecular weight is 229 g/mol. The van der Waals surface area contributed by atoms with Gasteiger partial charge >= 0.3 is 5.97 Å². The number of rotatable bonds is 3. The molecule has 2 nitrogen and oxygen atoms in total. The van der Waals surface area contributed by atoms with E-state index < -0.39 is 11.8 Å². The van der Waals surface area contributed by atoms with E-state index in [4.69, 9.17) is 16.3 Å². The van der Waals surface area contributed by atoms with Crippen LogP contribution in [0, 0.1) is 5.82 Å². The number of hydrogen-bond donors (Lipinski definition) is 0. The van der Waals surface area contributed by atoms with E-state index >= 15 is 0 Å². The number of esters is 1. The second-order valence-electron chi connectivity index (χ2n) is 3.09. The molecule has 4 heteroatoms. The Morgan fingerprint density at radius 3 is 2.80 bits per heavy atom. The van der Waals surface area contributed by atoms with E-state index in [0.717, 1.165) is 0 Å². The fourth-order valence-corrected chi connectivity index (χ4v) is 1.06. The van der Waals surface area contributed by atoms with Crippen molar-refractivity contribution in [2.45, 2.75) is 13.5 Å². The van der Waals surface area contributed by atoms with Gasteiger partial charge in [-0.2, -0.15) is 0 Å². The van der Waals surface area contributed by atoms with Crippen LogP contribution in [-0.4, -0.2) is 5.97 Å². The number of carbonyl (C=O) groups is 1. The number of halogens is 2. The van der Waals surface area contributed by atoms with E-state index in [1.165, 1.54) is 25.1 Å². The molecule has 0 heterocycles. The summed E-state index contributed by atoms with van der Waals surface area (Å²) in [6, 6.07) is 4.18. The Kier molecular flexibility index (Phi) is 3.86. The summed E-state index contributed by atoms with van der Waals surface area (Å²) < 4.78 is 18.0. The van der Waals surface area contributed by atoms with E-state index in [-0.39, 0.29) is 17.7 Å². The summed E-state index contributed by atoms with van der Waals surface area (Å²) >= 11 is 5.57. The molecule has 0 saturated carbocycles. The van der Waals surface area contributed by atoms with Crippen LogP contribution in [0.5, 0.6) is 0 Å². The molecule has 15 heavy (non-hydrogen) atoms. The Labute approximate surface area is 92.3 Å². The summed E-state index contributed by atoms with van der Waals surface area (Å²) in [4.78, 5) is 11.0. The molecule has 1 rings (SSSR count). The predicted molar refractivity (Wildman–Crippen MR) is 56.0 cm³/mol. The Morgan fingerprint density at radius 2 is 2.27 bits per heavy atom. The van der Waals surface area contributed by atoms with E-state index in [2.05, 4.69) is 6.58 Å². The Balaban J connectivity index is 2.66. The van der Waals surface area contributed by atoms with Crippen molar-refractivity contribution in [3.63, 3.8) is 0 Å². The van der Waals surface area contributed by atoms with Gasteiger partial charge in [0.05, 0.1) is 0 Å². The van der Waals surface area contributed by atoms with Gasteiger partial charge in [0.15, 0.2) is 0 Å². The maximum Gasteiger partial charge on any atom is 0.333 e. The van der Waals surface area contributed by atoms with E-state index in [0.29, 0.717) is 5.02 Å². The van der Waals surface area contributed by atoms with Crippen LogP contribution in [0.1, 0.15) is 12.5 Å². The zero-order valence-electron chi connectivity index (χ0n) is 8.22. The minimum absolute atomic E-state index is 0.116. The average Bonchev–Trinajstić information content (AvgIpc) is 2.15. The molecule has 0 atom stereocenters. The first-order valence-electron chi connectivity index (χ1n) is 4.27. The lowest BCUT2D eigenvalue weighted by Gasteiger charge is -2.05. The van der Waals surface area contributed by atoms with Crippen molar-refractivity contribution >= 4 is 17.6 Å². The molecule has 0 N–H and O–H groups in total. The molecule has 1 aromatic rings. The highest BCUT2D eigenvalue weighted by Crippen LogP contribution is 2.15. The first kappa shape index (κ1) is 11.7. The minimum atomic E-state index is -0.538. The maximum absolute atomic E-state index is 13.2. The zero-order chi connectivity index (χ0) is 11.4. The normalized spacial score (nSPS) is 9.80. The topological polar surface area (TPSA) is 26.3 Å². The molecule has 0 fully saturated rings. The maximum atomic E-state index is 13.2. The van der Waals surface area contributed by atoms with E-state index in [9.17, 15) is 9.18 Å². The van der Waals surface area contributed by atoms with Crippen molar-refractivity contribution < 1.29 is 13.9 Å². The molecule has 1 aromatic carbocycles. The van der Waals surface area contributed by atoms with Crippen LogP contribution in [0.4, 0.5) is 4.39 Å². The van der Waals surface area contributed by atoms with Crippen LogP contribution in [0.15, 0.2) is 30.4 Å². The second-order valence-corrected chi connectivity index (χ2v) is 3.53. The van der Waals surface area contributed by atoms with Gasteiger partial charge in [-0.1, -0.05) is 24.2 Å². The van der Waals surface area contributed by atoms with Gasteiger partial charge in [0.1, 0.15) is 12.4 Å². The molecule has 0 saturated heterocycles. The van der Waals surface area contributed by atoms with E-state index in [1.807, 2.05) is 0 Å². The molecule has 0 unspecified atom stereocenters. The molecule has 80 valence electrons. The molecular weight excluding hydrogens is 219 g/mol. The summed E-state index contributed by atoms with van der Waals surface area (Å²) in [5.41, 5.74) is 0.568. The first-order chi connectivity index (χ1) is 7.00. The van der Waals surface area contributed by atoms with Crippen molar-refractivity contribution in [1.82, 2.24) is 0 Å². The highest BCUT2D eigenvalue weighted by Gasteiger charge is 2.07. The Hall–Kier alpha value is -1.35. The fourth-order valence-electron chi connectivity index (χ4n) is 0.905. The summed E-state index contributed by atoms with van der Waals surface area (Å²) in [7, 11) is 0. The summed E-state index contributed by atoms with van der Waals surface area (Å²) in [5.74, 6) is -1.03. The van der Waals surface area contributed by atoms with Gasteiger partial charge in [-0.05, 0) is 19.1 Å². The number of benzene rings is 1. The molecule has 0 spiro atoms. The van der Waals surface area contributed by atoms with Gasteiger partial charge in [-0.3, -0.25) is 0 Å². The Morgan fingerprint density at radius 1 is 1.60 bits per heavy atom. The third-order valence-electron chi connectivity index (χ3n) is 1.72. The highest BCUT2D eigenvalue weighted by molar-refractivity contribution is 6.30. The van der Waals surface area contributed by atoms with Crippen molar-refractivity contribution in [2.75, 3.05) is 0 Å². The third kappa shape index (κ3) is 3.36. The summed E-state index contributed by atoms with van der Waals surface area (Å²) in [5, 5.41) is 0.308. The lowest BCUT2D eigenvalue weighted by atomic mass is 10.2. The lowest BCUT2D eigenvalue weighted by Crippen LogP contribution is -2.05. The second kappa shape index (κ2) is 4.94. The molecule has 0 amide bonds. The standard InChI is InChI=1S/C11H10ClFO2/c1-7(2)11(14)15-6-8-3-4-9(12)5-10(8)13/h3-5H,1,6H2,2H3. The quantitative estimate of drug-likeness (QED) is 0.587. The van der Waals surface area contributed by atoms with Crippen LogP contribution < -0.4 is 0 Å². The monoisotopic (exact) mass is 228 g/mol. The SMILES string of the molecule is C=C(C)C(=O)OCc1ccc(Cl)cc1F. The molecule has 0 aliphatic carbocycles. The number of hydrogen-bond acceptors (Lipinski definition) is 2. The number of ether oxygens (including phenoxy) is 1. The largest absolute Gasteiger partial charge is 0.457 e. The van der Waals surface area contributed by atoms with Crippen LogP contribution in [-0.2, 0) is 16.1 Å². The Bertz CT molecular complexity index is 402. The molecule has 0 aromatic heterocycles. The van der Waals surface area contributed by atoms with Crippen LogP contribution >= 0.6 is 11.6 Å². The molecular formula is C11H10ClFO2.